The van der Waals surface area contributed by atoms with Gasteiger partial charge in [-0.05, 0) is 48.5 Å². The van der Waals surface area contributed by atoms with Crippen LogP contribution in [0.2, 0.25) is 0 Å². The molecule has 0 N–H and O–H groups in total. The minimum absolute atomic E-state index is 0.579. The van der Waals surface area contributed by atoms with E-state index >= 15 is 0 Å². The summed E-state index contributed by atoms with van der Waals surface area (Å²) in [5, 5.41) is 11.0. The number of thiophene rings is 1. The quantitative estimate of drug-likeness (QED) is 0.842. The molecule has 1 unspecified atom stereocenters. The average molecular weight is 268 g/mol. The van der Waals surface area contributed by atoms with Crippen LogP contribution in [0.3, 0.4) is 0 Å². The molecule has 1 aromatic heterocycles. The lowest BCUT2D eigenvalue weighted by Crippen LogP contribution is -2.22. The minimum Gasteiger partial charge on any atom is -0.291 e. The summed E-state index contributed by atoms with van der Waals surface area (Å²) in [6.07, 6.45) is 2.54. The first-order chi connectivity index (χ1) is 9.36. The molecule has 1 fully saturated rings. The molecular formula is C16H16N2S. The Bertz CT molecular complexity index is 566. The summed E-state index contributed by atoms with van der Waals surface area (Å²) in [4.78, 5) is 4.03. The summed E-state index contributed by atoms with van der Waals surface area (Å²) in [5.41, 5.74) is 2.03. The Morgan fingerprint density at radius 2 is 2.11 bits per heavy atom. The standard InChI is InChI=1S/C16H16N2S/c17-11-13-5-7-14(8-6-13)12-18-9-1-3-15(18)16-4-2-10-19-16/h2,4-8,10,15H,1,3,9,12H2. The second-order valence-electron chi connectivity index (χ2n) is 4.95. The van der Waals surface area contributed by atoms with Gasteiger partial charge in [0.15, 0.2) is 0 Å². The van der Waals surface area contributed by atoms with Gasteiger partial charge in [0.2, 0.25) is 0 Å². The molecule has 19 heavy (non-hydrogen) atoms. The van der Waals surface area contributed by atoms with Crippen LogP contribution in [0.4, 0.5) is 0 Å². The molecule has 0 radical (unpaired) electrons. The van der Waals surface area contributed by atoms with E-state index in [0.29, 0.717) is 6.04 Å². The number of nitriles is 1. The Hall–Kier alpha value is -1.63. The fourth-order valence-corrected chi connectivity index (χ4v) is 3.63. The van der Waals surface area contributed by atoms with Gasteiger partial charge < -0.3 is 0 Å². The molecule has 2 heterocycles. The highest BCUT2D eigenvalue weighted by Gasteiger charge is 2.26. The average Bonchev–Trinajstić information content (AvgIpc) is 3.10. The molecule has 3 heteroatoms. The number of hydrogen-bond donors (Lipinski definition) is 0. The van der Waals surface area contributed by atoms with Crippen LogP contribution < -0.4 is 0 Å². The third-order valence-electron chi connectivity index (χ3n) is 3.70. The summed E-state index contributed by atoms with van der Waals surface area (Å²) in [6.45, 7) is 2.15. The Morgan fingerprint density at radius 1 is 1.26 bits per heavy atom. The molecule has 96 valence electrons. The van der Waals surface area contributed by atoms with Crippen molar-refractivity contribution in [2.75, 3.05) is 6.54 Å². The normalized spacial score (nSPS) is 19.4. The van der Waals surface area contributed by atoms with Crippen molar-refractivity contribution in [3.63, 3.8) is 0 Å². The predicted octanol–water partition coefficient (Wildman–Crippen LogP) is 3.96. The molecule has 2 aromatic rings. The molecule has 1 saturated heterocycles. The molecule has 1 atom stereocenters. The Labute approximate surface area is 117 Å². The third kappa shape index (κ3) is 2.70. The van der Waals surface area contributed by atoms with Crippen LogP contribution in [0, 0.1) is 11.3 Å². The van der Waals surface area contributed by atoms with E-state index in [1.54, 1.807) is 0 Å². The van der Waals surface area contributed by atoms with E-state index in [-0.39, 0.29) is 0 Å². The summed E-state index contributed by atoms with van der Waals surface area (Å²) < 4.78 is 0. The van der Waals surface area contributed by atoms with Gasteiger partial charge in [0.1, 0.15) is 0 Å². The third-order valence-corrected chi connectivity index (χ3v) is 4.68. The van der Waals surface area contributed by atoms with Crippen molar-refractivity contribution in [3.05, 3.63) is 57.8 Å². The van der Waals surface area contributed by atoms with Crippen LogP contribution in [0.1, 0.15) is 34.9 Å². The van der Waals surface area contributed by atoms with Gasteiger partial charge in [-0.25, -0.2) is 0 Å². The molecule has 0 spiro atoms. The van der Waals surface area contributed by atoms with E-state index in [4.69, 9.17) is 5.26 Å². The zero-order valence-corrected chi connectivity index (χ0v) is 11.6. The molecule has 1 aliphatic heterocycles. The number of nitrogens with zero attached hydrogens (tertiary/aromatic N) is 2. The van der Waals surface area contributed by atoms with Gasteiger partial charge in [0, 0.05) is 17.5 Å². The van der Waals surface area contributed by atoms with E-state index in [1.807, 2.05) is 23.5 Å². The zero-order valence-electron chi connectivity index (χ0n) is 10.7. The van der Waals surface area contributed by atoms with E-state index in [9.17, 15) is 0 Å². The topological polar surface area (TPSA) is 27.0 Å². The lowest BCUT2D eigenvalue weighted by atomic mass is 10.1. The zero-order chi connectivity index (χ0) is 13.1. The van der Waals surface area contributed by atoms with Crippen molar-refractivity contribution in [1.29, 1.82) is 5.26 Å². The predicted molar refractivity (Wildman–Crippen MR) is 77.9 cm³/mol. The maximum Gasteiger partial charge on any atom is 0.0991 e. The molecule has 3 rings (SSSR count). The molecule has 0 saturated carbocycles. The van der Waals surface area contributed by atoms with Gasteiger partial charge in [0.25, 0.3) is 0 Å². The van der Waals surface area contributed by atoms with Gasteiger partial charge in [-0.1, -0.05) is 18.2 Å². The van der Waals surface area contributed by atoms with Crippen molar-refractivity contribution in [2.45, 2.75) is 25.4 Å². The highest BCUT2D eigenvalue weighted by atomic mass is 32.1. The fourth-order valence-electron chi connectivity index (χ4n) is 2.74. The number of rotatable bonds is 3. The Kier molecular flexibility index (Phi) is 3.63. The van der Waals surface area contributed by atoms with Crippen molar-refractivity contribution in [2.24, 2.45) is 0 Å². The Morgan fingerprint density at radius 3 is 2.79 bits per heavy atom. The van der Waals surface area contributed by atoms with Crippen molar-refractivity contribution in [3.8, 4) is 6.07 Å². The lowest BCUT2D eigenvalue weighted by molar-refractivity contribution is 0.251. The SMILES string of the molecule is N#Cc1ccc(CN2CCCC2c2cccs2)cc1. The second kappa shape index (κ2) is 5.56. The fraction of sp³-hybridized carbons (Fsp3) is 0.312. The second-order valence-corrected chi connectivity index (χ2v) is 5.93. The molecule has 1 aliphatic rings. The van der Waals surface area contributed by atoms with Gasteiger partial charge in [0.05, 0.1) is 11.6 Å². The van der Waals surface area contributed by atoms with Crippen molar-refractivity contribution >= 4 is 11.3 Å². The minimum atomic E-state index is 0.579. The first-order valence-electron chi connectivity index (χ1n) is 6.63. The van der Waals surface area contributed by atoms with Crippen LogP contribution in [-0.4, -0.2) is 11.4 Å². The van der Waals surface area contributed by atoms with Gasteiger partial charge in [-0.2, -0.15) is 5.26 Å². The largest absolute Gasteiger partial charge is 0.291 e. The van der Waals surface area contributed by atoms with Crippen LogP contribution in [-0.2, 0) is 6.54 Å². The van der Waals surface area contributed by atoms with Gasteiger partial charge in [-0.15, -0.1) is 11.3 Å². The van der Waals surface area contributed by atoms with Crippen molar-refractivity contribution < 1.29 is 0 Å². The molecule has 1 aromatic carbocycles. The maximum absolute atomic E-state index is 8.82. The Balaban J connectivity index is 1.73. The van der Waals surface area contributed by atoms with Crippen LogP contribution >= 0.6 is 11.3 Å². The summed E-state index contributed by atoms with van der Waals surface area (Å²) in [5.74, 6) is 0. The van der Waals surface area contributed by atoms with E-state index in [2.05, 4.69) is 40.6 Å². The monoisotopic (exact) mass is 268 g/mol. The van der Waals surface area contributed by atoms with Crippen molar-refractivity contribution in [1.82, 2.24) is 4.90 Å². The van der Waals surface area contributed by atoms with Crippen LogP contribution in [0.15, 0.2) is 41.8 Å². The molecule has 0 aliphatic carbocycles. The number of likely N-dealkylation sites (tertiary alicyclic amines) is 1. The highest BCUT2D eigenvalue weighted by Crippen LogP contribution is 2.35. The molecular weight excluding hydrogens is 252 g/mol. The first kappa shape index (κ1) is 12.4. The summed E-state index contributed by atoms with van der Waals surface area (Å²) in [6, 6.07) is 15.1. The van der Waals surface area contributed by atoms with E-state index in [0.717, 1.165) is 12.1 Å². The molecule has 0 amide bonds. The molecule has 2 nitrogen and oxygen atoms in total. The van der Waals surface area contributed by atoms with Crippen LogP contribution in [0.5, 0.6) is 0 Å². The van der Waals surface area contributed by atoms with Gasteiger partial charge in [-0.3, -0.25) is 4.90 Å². The lowest BCUT2D eigenvalue weighted by Gasteiger charge is -2.23. The summed E-state index contributed by atoms with van der Waals surface area (Å²) >= 11 is 1.86. The van der Waals surface area contributed by atoms with Crippen LogP contribution in [0.25, 0.3) is 0 Å². The number of hydrogen-bond acceptors (Lipinski definition) is 3. The van der Waals surface area contributed by atoms with E-state index < -0.39 is 0 Å². The van der Waals surface area contributed by atoms with E-state index in [1.165, 1.54) is 29.8 Å². The number of benzene rings is 1. The maximum atomic E-state index is 8.82. The highest BCUT2D eigenvalue weighted by molar-refractivity contribution is 7.10. The first-order valence-corrected chi connectivity index (χ1v) is 7.51. The summed E-state index contributed by atoms with van der Waals surface area (Å²) in [7, 11) is 0. The molecule has 0 bridgehead atoms. The van der Waals surface area contributed by atoms with Gasteiger partial charge >= 0.3 is 0 Å². The smallest absolute Gasteiger partial charge is 0.0991 e.